The maximum absolute atomic E-state index is 13.7. The minimum Gasteiger partial charge on any atom is -0.348 e. The van der Waals surface area contributed by atoms with Crippen molar-refractivity contribution in [1.82, 2.24) is 19.9 Å². The first-order valence-corrected chi connectivity index (χ1v) is 8.63. The minimum absolute atomic E-state index is 0.0363. The molecule has 0 aliphatic rings. The van der Waals surface area contributed by atoms with E-state index >= 15 is 0 Å². The van der Waals surface area contributed by atoms with Crippen molar-refractivity contribution in [3.63, 3.8) is 0 Å². The van der Waals surface area contributed by atoms with E-state index in [9.17, 15) is 13.6 Å². The van der Waals surface area contributed by atoms with Crippen molar-refractivity contribution in [3.8, 4) is 11.4 Å². The van der Waals surface area contributed by atoms with Crippen molar-refractivity contribution in [1.29, 1.82) is 0 Å². The minimum atomic E-state index is -0.693. The highest BCUT2D eigenvalue weighted by Gasteiger charge is 2.13. The SMILES string of the molecule is Cn1c(-c2cccc(C(=O)NCc3ccc(F)cc3F)c2)nc2cccnc21. The number of fused-ring (bicyclic) bond motifs is 1. The molecule has 4 rings (SSSR count). The molecule has 0 atom stereocenters. The van der Waals surface area contributed by atoms with Gasteiger partial charge in [-0.2, -0.15) is 0 Å². The van der Waals surface area contributed by atoms with Crippen LogP contribution in [0.1, 0.15) is 15.9 Å². The molecular weight excluding hydrogens is 362 g/mol. The summed E-state index contributed by atoms with van der Waals surface area (Å²) < 4.78 is 28.6. The lowest BCUT2D eigenvalue weighted by atomic mass is 10.1. The topological polar surface area (TPSA) is 59.8 Å². The zero-order chi connectivity index (χ0) is 19.7. The third-order valence-electron chi connectivity index (χ3n) is 4.47. The van der Waals surface area contributed by atoms with Gasteiger partial charge in [-0.1, -0.05) is 18.2 Å². The molecule has 1 amide bonds. The molecule has 0 bridgehead atoms. The Morgan fingerprint density at radius 1 is 1.11 bits per heavy atom. The van der Waals surface area contributed by atoms with Gasteiger partial charge in [0.05, 0.1) is 0 Å². The molecule has 1 N–H and O–H groups in total. The number of benzene rings is 2. The molecule has 7 heteroatoms. The van der Waals surface area contributed by atoms with Gasteiger partial charge in [-0.25, -0.2) is 18.7 Å². The Morgan fingerprint density at radius 2 is 1.96 bits per heavy atom. The fraction of sp³-hybridized carbons (Fsp3) is 0.0952. The fourth-order valence-corrected chi connectivity index (χ4v) is 3.02. The van der Waals surface area contributed by atoms with E-state index in [4.69, 9.17) is 0 Å². The Morgan fingerprint density at radius 3 is 2.75 bits per heavy atom. The average Bonchev–Trinajstić information content (AvgIpc) is 3.04. The molecule has 28 heavy (non-hydrogen) atoms. The number of pyridine rings is 1. The highest BCUT2D eigenvalue weighted by atomic mass is 19.1. The lowest BCUT2D eigenvalue weighted by Gasteiger charge is -2.08. The van der Waals surface area contributed by atoms with Crippen molar-refractivity contribution in [2.24, 2.45) is 7.05 Å². The Balaban J connectivity index is 1.57. The van der Waals surface area contributed by atoms with Gasteiger partial charge in [0.15, 0.2) is 5.65 Å². The molecule has 2 heterocycles. The molecule has 0 aliphatic heterocycles. The van der Waals surface area contributed by atoms with Crippen LogP contribution >= 0.6 is 0 Å². The van der Waals surface area contributed by atoms with Crippen LogP contribution in [0.4, 0.5) is 8.78 Å². The molecule has 4 aromatic rings. The first kappa shape index (κ1) is 17.8. The van der Waals surface area contributed by atoms with E-state index in [2.05, 4.69) is 15.3 Å². The van der Waals surface area contributed by atoms with Crippen molar-refractivity contribution in [2.45, 2.75) is 6.54 Å². The summed E-state index contributed by atoms with van der Waals surface area (Å²) in [4.78, 5) is 21.4. The number of hydrogen-bond donors (Lipinski definition) is 1. The van der Waals surface area contributed by atoms with Crippen LogP contribution in [-0.4, -0.2) is 20.4 Å². The number of nitrogens with zero attached hydrogens (tertiary/aromatic N) is 3. The van der Waals surface area contributed by atoms with Gasteiger partial charge in [0, 0.05) is 42.5 Å². The zero-order valence-electron chi connectivity index (χ0n) is 15.0. The number of aryl methyl sites for hydroxylation is 1. The second-order valence-corrected chi connectivity index (χ2v) is 6.34. The van der Waals surface area contributed by atoms with Gasteiger partial charge in [0.1, 0.15) is 23.0 Å². The predicted octanol–water partition coefficient (Wildman–Crippen LogP) is 3.84. The smallest absolute Gasteiger partial charge is 0.251 e. The van der Waals surface area contributed by atoms with Crippen LogP contribution in [0, 0.1) is 11.6 Å². The largest absolute Gasteiger partial charge is 0.348 e. The predicted molar refractivity (Wildman–Crippen MR) is 101 cm³/mol. The summed E-state index contributed by atoms with van der Waals surface area (Å²) in [6.07, 6.45) is 1.70. The van der Waals surface area contributed by atoms with Gasteiger partial charge in [0.2, 0.25) is 0 Å². The lowest BCUT2D eigenvalue weighted by Crippen LogP contribution is -2.23. The molecular formula is C21H16F2N4O. The van der Waals surface area contributed by atoms with Crippen molar-refractivity contribution >= 4 is 17.1 Å². The number of carbonyl (C=O) groups excluding carboxylic acids is 1. The summed E-state index contributed by atoms with van der Waals surface area (Å²) in [5.41, 5.74) is 2.91. The van der Waals surface area contributed by atoms with Gasteiger partial charge in [-0.05, 0) is 30.3 Å². The van der Waals surface area contributed by atoms with Crippen LogP contribution in [0.5, 0.6) is 0 Å². The number of amides is 1. The molecule has 2 aromatic carbocycles. The van der Waals surface area contributed by atoms with E-state index in [0.29, 0.717) is 11.4 Å². The van der Waals surface area contributed by atoms with E-state index in [0.717, 1.165) is 28.9 Å². The monoisotopic (exact) mass is 378 g/mol. The second-order valence-electron chi connectivity index (χ2n) is 6.34. The Bertz CT molecular complexity index is 1190. The van der Waals surface area contributed by atoms with Gasteiger partial charge in [-0.3, -0.25) is 4.79 Å². The third kappa shape index (κ3) is 3.34. The third-order valence-corrected chi connectivity index (χ3v) is 4.47. The highest BCUT2D eigenvalue weighted by molar-refractivity contribution is 5.95. The fourth-order valence-electron chi connectivity index (χ4n) is 3.02. The Kier molecular flexibility index (Phi) is 4.57. The van der Waals surface area contributed by atoms with Crippen LogP contribution in [0.2, 0.25) is 0 Å². The maximum atomic E-state index is 13.7. The van der Waals surface area contributed by atoms with Crippen molar-refractivity contribution < 1.29 is 13.6 Å². The summed E-state index contributed by atoms with van der Waals surface area (Å²) >= 11 is 0. The summed E-state index contributed by atoms with van der Waals surface area (Å²) in [7, 11) is 1.86. The molecule has 0 radical (unpaired) electrons. The van der Waals surface area contributed by atoms with Crippen LogP contribution in [-0.2, 0) is 13.6 Å². The second kappa shape index (κ2) is 7.19. The van der Waals surface area contributed by atoms with Gasteiger partial charge in [-0.15, -0.1) is 0 Å². The summed E-state index contributed by atoms with van der Waals surface area (Å²) in [6.45, 7) is -0.0363. The quantitative estimate of drug-likeness (QED) is 0.587. The maximum Gasteiger partial charge on any atom is 0.251 e. The molecule has 0 fully saturated rings. The standard InChI is InChI=1S/C21H16F2N4O/c1-27-19(26-18-6-3-9-24-20(18)27)13-4-2-5-14(10-13)21(28)25-12-15-7-8-16(22)11-17(15)23/h2-11H,12H2,1H3,(H,25,28). The van der Waals surface area contributed by atoms with Crippen molar-refractivity contribution in [2.75, 3.05) is 0 Å². The molecule has 0 aliphatic carbocycles. The van der Waals surface area contributed by atoms with Gasteiger partial charge in [0.25, 0.3) is 5.91 Å². The number of hydrogen-bond acceptors (Lipinski definition) is 3. The van der Waals surface area contributed by atoms with Crippen LogP contribution in [0.3, 0.4) is 0 Å². The normalized spacial score (nSPS) is 11.0. The number of imidazole rings is 1. The lowest BCUT2D eigenvalue weighted by molar-refractivity contribution is 0.0950. The molecule has 0 spiro atoms. The van der Waals surface area contributed by atoms with Crippen LogP contribution in [0.15, 0.2) is 60.8 Å². The van der Waals surface area contributed by atoms with Crippen LogP contribution in [0.25, 0.3) is 22.6 Å². The summed E-state index contributed by atoms with van der Waals surface area (Å²) in [5, 5.41) is 2.65. The average molecular weight is 378 g/mol. The first-order valence-electron chi connectivity index (χ1n) is 8.63. The van der Waals surface area contributed by atoms with E-state index in [-0.39, 0.29) is 18.0 Å². The molecule has 0 saturated carbocycles. The number of nitrogens with one attached hydrogen (secondary N) is 1. The van der Waals surface area contributed by atoms with E-state index in [1.807, 2.05) is 29.8 Å². The van der Waals surface area contributed by atoms with Gasteiger partial charge < -0.3 is 9.88 Å². The highest BCUT2D eigenvalue weighted by Crippen LogP contribution is 2.23. The Hall–Kier alpha value is -3.61. The number of aromatic nitrogens is 3. The molecule has 5 nitrogen and oxygen atoms in total. The first-order chi connectivity index (χ1) is 13.5. The Labute approximate surface area is 159 Å². The van der Waals surface area contributed by atoms with E-state index in [1.54, 1.807) is 24.4 Å². The van der Waals surface area contributed by atoms with Crippen molar-refractivity contribution in [3.05, 3.63) is 83.6 Å². The molecule has 2 aromatic heterocycles. The molecule has 140 valence electrons. The number of carbonyl (C=O) groups is 1. The molecule has 0 saturated heterocycles. The zero-order valence-corrected chi connectivity index (χ0v) is 15.0. The summed E-state index contributed by atoms with van der Waals surface area (Å²) in [5.74, 6) is -1.02. The number of halogens is 2. The summed E-state index contributed by atoms with van der Waals surface area (Å²) in [6, 6.07) is 14.0. The van der Waals surface area contributed by atoms with Crippen LogP contribution < -0.4 is 5.32 Å². The molecule has 0 unspecified atom stereocenters. The van der Waals surface area contributed by atoms with E-state index in [1.165, 1.54) is 6.07 Å². The van der Waals surface area contributed by atoms with Gasteiger partial charge >= 0.3 is 0 Å². The number of rotatable bonds is 4. The van der Waals surface area contributed by atoms with E-state index < -0.39 is 11.6 Å².